The summed E-state index contributed by atoms with van der Waals surface area (Å²) in [4.78, 5) is 2.20. The van der Waals surface area contributed by atoms with E-state index in [-0.39, 0.29) is 0 Å². The van der Waals surface area contributed by atoms with Gasteiger partial charge in [-0.2, -0.15) is 5.10 Å². The summed E-state index contributed by atoms with van der Waals surface area (Å²) in [6, 6.07) is 17.5. The van der Waals surface area contributed by atoms with Gasteiger partial charge in [0.05, 0.1) is 29.7 Å². The monoisotopic (exact) mass is 435 g/mol. The summed E-state index contributed by atoms with van der Waals surface area (Å²) in [7, 11) is 1.63. The van der Waals surface area contributed by atoms with Crippen molar-refractivity contribution in [1.82, 2.24) is 14.7 Å². The fourth-order valence-corrected chi connectivity index (χ4v) is 3.65. The van der Waals surface area contributed by atoms with Crippen molar-refractivity contribution in [3.05, 3.63) is 78.5 Å². The van der Waals surface area contributed by atoms with Gasteiger partial charge in [0.15, 0.2) is 11.5 Å². The molecule has 0 radical (unpaired) electrons. The maximum Gasteiger partial charge on any atom is 0.227 e. The molecule has 3 rings (SSSR count). The van der Waals surface area contributed by atoms with Gasteiger partial charge in [0, 0.05) is 13.1 Å². The lowest BCUT2D eigenvalue weighted by molar-refractivity contribution is 0.0584. The molecule has 1 N–H and O–H groups in total. The molecule has 170 valence electrons. The Bertz CT molecular complexity index is 1030. The third-order valence-corrected chi connectivity index (χ3v) is 5.32. The van der Waals surface area contributed by atoms with Crippen LogP contribution in [0.3, 0.4) is 0 Å². The van der Waals surface area contributed by atoms with Crippen LogP contribution in [0.15, 0.2) is 67.3 Å². The number of rotatable bonds is 11. The summed E-state index contributed by atoms with van der Waals surface area (Å²) in [6.07, 6.45) is 2.55. The quantitative estimate of drug-likeness (QED) is 0.423. The second-order valence-corrected chi connectivity index (χ2v) is 8.14. The SMILES string of the molecule is C=CC(C)(O)CN(CCC)Cc1c(C)nn(-c2ccccc2)c1Oc1ccccc1OC. The standard InChI is InChI=1S/C26H33N3O3/c1-6-17-28(19-26(4,30)7-2)18-22-20(3)27-29(21-13-9-8-10-14-21)25(22)32-24-16-12-11-15-23(24)31-5/h7-16,30H,2,6,17-19H2,1,3-5H3. The molecule has 0 saturated carbocycles. The van der Waals surface area contributed by atoms with Gasteiger partial charge in [0.1, 0.15) is 0 Å². The number of aryl methyl sites for hydroxylation is 1. The van der Waals surface area contributed by atoms with E-state index in [2.05, 4.69) is 18.4 Å². The van der Waals surface area contributed by atoms with Crippen LogP contribution in [0.4, 0.5) is 0 Å². The fraction of sp³-hybridized carbons (Fsp3) is 0.346. The van der Waals surface area contributed by atoms with Crippen LogP contribution in [-0.2, 0) is 6.54 Å². The molecule has 0 saturated heterocycles. The number of ether oxygens (including phenoxy) is 2. The summed E-state index contributed by atoms with van der Waals surface area (Å²) in [5.74, 6) is 1.91. The van der Waals surface area contributed by atoms with Gasteiger partial charge < -0.3 is 14.6 Å². The first kappa shape index (κ1) is 23.6. The molecule has 0 fully saturated rings. The van der Waals surface area contributed by atoms with Crippen LogP contribution in [0.25, 0.3) is 5.69 Å². The molecule has 1 atom stereocenters. The predicted octanol–water partition coefficient (Wildman–Crippen LogP) is 5.13. The molecule has 6 nitrogen and oxygen atoms in total. The largest absolute Gasteiger partial charge is 0.493 e. The van der Waals surface area contributed by atoms with Crippen LogP contribution < -0.4 is 9.47 Å². The van der Waals surface area contributed by atoms with Crippen molar-refractivity contribution < 1.29 is 14.6 Å². The molecule has 1 aromatic heterocycles. The predicted molar refractivity (Wildman–Crippen MR) is 128 cm³/mol. The molecule has 0 aliphatic carbocycles. The van der Waals surface area contributed by atoms with E-state index in [9.17, 15) is 5.11 Å². The summed E-state index contributed by atoms with van der Waals surface area (Å²) < 4.78 is 13.8. The molecular weight excluding hydrogens is 402 g/mol. The molecule has 1 unspecified atom stereocenters. The number of nitrogens with zero attached hydrogens (tertiary/aromatic N) is 3. The van der Waals surface area contributed by atoms with Gasteiger partial charge in [-0.25, -0.2) is 4.68 Å². The maximum atomic E-state index is 10.6. The van der Waals surface area contributed by atoms with E-state index in [1.54, 1.807) is 20.1 Å². The zero-order valence-corrected chi connectivity index (χ0v) is 19.4. The lowest BCUT2D eigenvalue weighted by atomic mass is 10.1. The third kappa shape index (κ3) is 5.58. The third-order valence-electron chi connectivity index (χ3n) is 5.32. The van der Waals surface area contributed by atoms with Gasteiger partial charge in [0.2, 0.25) is 5.88 Å². The van der Waals surface area contributed by atoms with Gasteiger partial charge in [-0.1, -0.05) is 43.3 Å². The number of benzene rings is 2. The van der Waals surface area contributed by atoms with E-state index in [1.807, 2.05) is 66.2 Å². The second-order valence-electron chi connectivity index (χ2n) is 8.14. The number of aromatic nitrogens is 2. The topological polar surface area (TPSA) is 59.8 Å². The van der Waals surface area contributed by atoms with Crippen molar-refractivity contribution in [2.24, 2.45) is 0 Å². The Morgan fingerprint density at radius 2 is 1.78 bits per heavy atom. The van der Waals surface area contributed by atoms with Crippen molar-refractivity contribution in [2.45, 2.75) is 39.3 Å². The number of hydrogen-bond acceptors (Lipinski definition) is 5. The minimum atomic E-state index is -0.984. The number of methoxy groups -OCH3 is 1. The Morgan fingerprint density at radius 1 is 1.12 bits per heavy atom. The van der Waals surface area contributed by atoms with Gasteiger partial charge >= 0.3 is 0 Å². The molecule has 3 aromatic rings. The molecule has 2 aromatic carbocycles. The number of aliphatic hydroxyl groups is 1. The Hall–Kier alpha value is -3.09. The van der Waals surface area contributed by atoms with E-state index in [4.69, 9.17) is 14.6 Å². The van der Waals surface area contributed by atoms with Crippen LogP contribution in [0, 0.1) is 6.92 Å². The summed E-state index contributed by atoms with van der Waals surface area (Å²) in [5.41, 5.74) is 1.76. The molecule has 0 aliphatic rings. The molecule has 0 amide bonds. The van der Waals surface area contributed by atoms with Crippen molar-refractivity contribution in [3.63, 3.8) is 0 Å². The smallest absolute Gasteiger partial charge is 0.227 e. The molecule has 32 heavy (non-hydrogen) atoms. The zero-order valence-electron chi connectivity index (χ0n) is 19.4. The molecule has 1 heterocycles. The average molecular weight is 436 g/mol. The number of hydrogen-bond donors (Lipinski definition) is 1. The van der Waals surface area contributed by atoms with E-state index < -0.39 is 5.60 Å². The van der Waals surface area contributed by atoms with E-state index in [0.29, 0.717) is 30.5 Å². The highest BCUT2D eigenvalue weighted by Crippen LogP contribution is 2.36. The lowest BCUT2D eigenvalue weighted by Gasteiger charge is -2.29. The summed E-state index contributed by atoms with van der Waals surface area (Å²) in [6.45, 7) is 11.5. The Kier molecular flexibility index (Phi) is 7.72. The number of para-hydroxylation sites is 3. The first-order valence-corrected chi connectivity index (χ1v) is 10.9. The fourth-order valence-electron chi connectivity index (χ4n) is 3.65. The Balaban J connectivity index is 2.06. The van der Waals surface area contributed by atoms with Gasteiger partial charge in [-0.05, 0) is 51.1 Å². The van der Waals surface area contributed by atoms with Crippen molar-refractivity contribution in [3.8, 4) is 23.1 Å². The highest BCUT2D eigenvalue weighted by molar-refractivity contribution is 5.47. The van der Waals surface area contributed by atoms with Crippen molar-refractivity contribution in [2.75, 3.05) is 20.2 Å². The minimum absolute atomic E-state index is 0.467. The zero-order chi connectivity index (χ0) is 23.1. The van der Waals surface area contributed by atoms with Crippen molar-refractivity contribution >= 4 is 0 Å². The molecule has 6 heteroatoms. The minimum Gasteiger partial charge on any atom is -0.493 e. The van der Waals surface area contributed by atoms with Gasteiger partial charge in [-0.15, -0.1) is 6.58 Å². The summed E-state index contributed by atoms with van der Waals surface area (Å²) >= 11 is 0. The van der Waals surface area contributed by atoms with Crippen molar-refractivity contribution in [1.29, 1.82) is 0 Å². The van der Waals surface area contributed by atoms with Gasteiger partial charge in [0.25, 0.3) is 0 Å². The van der Waals surface area contributed by atoms with Crippen LogP contribution in [0.5, 0.6) is 17.4 Å². The lowest BCUT2D eigenvalue weighted by Crippen LogP contribution is -2.39. The molecule has 0 spiro atoms. The Labute approximate surface area is 190 Å². The maximum absolute atomic E-state index is 10.6. The van der Waals surface area contributed by atoms with Crippen LogP contribution >= 0.6 is 0 Å². The van der Waals surface area contributed by atoms with E-state index >= 15 is 0 Å². The normalized spacial score (nSPS) is 13.1. The molecule has 0 bridgehead atoms. The van der Waals surface area contributed by atoms with E-state index in [0.717, 1.165) is 29.9 Å². The highest BCUT2D eigenvalue weighted by atomic mass is 16.5. The van der Waals surface area contributed by atoms with Gasteiger partial charge in [-0.3, -0.25) is 4.90 Å². The first-order valence-electron chi connectivity index (χ1n) is 10.9. The average Bonchev–Trinajstić information content (AvgIpc) is 3.09. The highest BCUT2D eigenvalue weighted by Gasteiger charge is 2.25. The summed E-state index contributed by atoms with van der Waals surface area (Å²) in [5, 5.41) is 15.4. The first-order chi connectivity index (χ1) is 15.4. The van der Waals surface area contributed by atoms with Crippen LogP contribution in [0.1, 0.15) is 31.5 Å². The molecule has 0 aliphatic heterocycles. The Morgan fingerprint density at radius 3 is 2.41 bits per heavy atom. The second kappa shape index (κ2) is 10.5. The van der Waals surface area contributed by atoms with Crippen LogP contribution in [-0.4, -0.2) is 45.6 Å². The van der Waals surface area contributed by atoms with Crippen LogP contribution in [0.2, 0.25) is 0 Å². The van der Waals surface area contributed by atoms with E-state index in [1.165, 1.54) is 0 Å². The molecular formula is C26H33N3O3.